The normalized spacial score (nSPS) is 11.8. The van der Waals surface area contributed by atoms with Gasteiger partial charge in [-0.05, 0) is 25.0 Å². The van der Waals surface area contributed by atoms with Gasteiger partial charge in [-0.1, -0.05) is 75.5 Å². The molecular weight excluding hydrogens is 456 g/mol. The molecule has 2 heterocycles. The Hall–Kier alpha value is -3.82. The number of hydrogen-bond acceptors (Lipinski definition) is 7. The molecule has 2 aromatic heterocycles. The number of fused-ring (bicyclic) bond motifs is 1. The smallest absolute Gasteiger partial charge is 0.258 e. The number of nitrogens with one attached hydrogen (secondary N) is 1. The quantitative estimate of drug-likeness (QED) is 0.342. The summed E-state index contributed by atoms with van der Waals surface area (Å²) in [5, 5.41) is 11.4. The molecule has 0 fully saturated rings. The van der Waals surface area contributed by atoms with Crippen molar-refractivity contribution in [1.82, 2.24) is 24.9 Å². The van der Waals surface area contributed by atoms with Crippen molar-refractivity contribution in [3.63, 3.8) is 0 Å². The van der Waals surface area contributed by atoms with Gasteiger partial charge in [0.25, 0.3) is 5.78 Å². The van der Waals surface area contributed by atoms with Crippen LogP contribution in [0, 0.1) is 0 Å². The van der Waals surface area contributed by atoms with Gasteiger partial charge in [-0.15, -0.1) is 10.2 Å². The fraction of sp³-hybridized carbons (Fsp3) is 0.333. The maximum absolute atomic E-state index is 12.6. The van der Waals surface area contributed by atoms with Crippen LogP contribution in [0.3, 0.4) is 0 Å². The summed E-state index contributed by atoms with van der Waals surface area (Å²) in [7, 11) is 0. The summed E-state index contributed by atoms with van der Waals surface area (Å²) in [6.45, 7) is 4.26. The topological polar surface area (TPSA) is 117 Å². The van der Waals surface area contributed by atoms with E-state index in [1.54, 1.807) is 30.5 Å². The molecule has 0 saturated carbocycles. The first-order chi connectivity index (χ1) is 16.4. The Morgan fingerprint density at radius 3 is 2.19 bits per heavy atom. The molecule has 0 spiro atoms. The Bertz CT molecular complexity index is 1220. The monoisotopic (exact) mass is 492 g/mol. The van der Waals surface area contributed by atoms with E-state index in [-0.39, 0.29) is 27.4 Å². The minimum absolute atomic E-state index is 0. The molecule has 0 unspecified atom stereocenters. The maximum Gasteiger partial charge on any atom is 0.258 e. The van der Waals surface area contributed by atoms with Crippen LogP contribution in [-0.4, -0.2) is 37.6 Å². The number of aromatic nitrogens is 4. The first-order valence-electron chi connectivity index (χ1n) is 11.0. The van der Waals surface area contributed by atoms with E-state index in [4.69, 9.17) is 15.2 Å². The largest absolute Gasteiger partial charge is 0.473 e. The molecule has 4 aromatic rings. The number of nitrogens with zero attached hydrogens (tertiary/aromatic N) is 4. The van der Waals surface area contributed by atoms with Crippen molar-refractivity contribution < 1.29 is 14.3 Å². The number of carbonyl (C=O) groups is 1. The van der Waals surface area contributed by atoms with Gasteiger partial charge in [-0.2, -0.15) is 4.98 Å². The van der Waals surface area contributed by atoms with Gasteiger partial charge in [0.05, 0.1) is 18.8 Å². The average Bonchev–Trinajstić information content (AvgIpc) is 3.26. The highest BCUT2D eigenvalue weighted by Gasteiger charge is 2.28. The second kappa shape index (κ2) is 12.8. The van der Waals surface area contributed by atoms with Gasteiger partial charge in [0, 0.05) is 12.3 Å². The number of ether oxygens (including phenoxy) is 2. The zero-order valence-corrected chi connectivity index (χ0v) is 19.2. The Labute approximate surface area is 212 Å². The van der Waals surface area contributed by atoms with Crippen LogP contribution in [-0.2, 0) is 22.7 Å². The molecule has 0 radical (unpaired) electrons. The number of carbonyl (C=O) groups excluding carboxylic acids is 1. The van der Waals surface area contributed by atoms with Crippen LogP contribution < -0.4 is 15.8 Å². The van der Waals surface area contributed by atoms with Crippen LogP contribution in [0.25, 0.3) is 5.78 Å². The molecule has 36 heavy (non-hydrogen) atoms. The molecule has 192 valence electrons. The number of hydrogen-bond donors (Lipinski definition) is 2. The second-order valence-electron chi connectivity index (χ2n) is 8.52. The third kappa shape index (κ3) is 7.34. The van der Waals surface area contributed by atoms with Gasteiger partial charge >= 0.3 is 0 Å². The predicted molar refractivity (Wildman–Crippen MR) is 140 cm³/mol. The highest BCUT2D eigenvalue weighted by molar-refractivity contribution is 5.85. The van der Waals surface area contributed by atoms with Crippen molar-refractivity contribution in [2.45, 2.75) is 53.5 Å². The Morgan fingerprint density at radius 2 is 1.58 bits per heavy atom. The van der Waals surface area contributed by atoms with Crippen molar-refractivity contribution in [1.29, 1.82) is 0 Å². The number of rotatable bonds is 10. The lowest BCUT2D eigenvalue weighted by Gasteiger charge is -2.23. The van der Waals surface area contributed by atoms with E-state index in [2.05, 4.69) is 20.5 Å². The van der Waals surface area contributed by atoms with E-state index in [1.165, 1.54) is 0 Å². The number of amides is 1. The summed E-state index contributed by atoms with van der Waals surface area (Å²) < 4.78 is 13.4. The van der Waals surface area contributed by atoms with Crippen molar-refractivity contribution in [3.8, 4) is 5.88 Å². The van der Waals surface area contributed by atoms with Crippen LogP contribution in [0.15, 0.2) is 72.9 Å². The highest BCUT2D eigenvalue weighted by atomic mass is 16.5. The van der Waals surface area contributed by atoms with Crippen LogP contribution >= 0.6 is 0 Å². The summed E-state index contributed by atoms with van der Waals surface area (Å²) in [4.78, 5) is 17.1. The minimum atomic E-state index is -1.06. The summed E-state index contributed by atoms with van der Waals surface area (Å²) in [6, 6.07) is 20.8. The van der Waals surface area contributed by atoms with Gasteiger partial charge in [0.1, 0.15) is 12.6 Å². The van der Waals surface area contributed by atoms with E-state index < -0.39 is 11.6 Å². The lowest BCUT2D eigenvalue weighted by atomic mass is 10.1. The average molecular weight is 493 g/mol. The van der Waals surface area contributed by atoms with Crippen molar-refractivity contribution in [3.05, 3.63) is 89.9 Å². The van der Waals surface area contributed by atoms with Gasteiger partial charge < -0.3 is 20.5 Å². The first-order valence-corrected chi connectivity index (χ1v) is 11.0. The third-order valence-corrected chi connectivity index (χ3v) is 5.11. The minimum Gasteiger partial charge on any atom is -0.473 e. The zero-order valence-electron chi connectivity index (χ0n) is 19.2. The van der Waals surface area contributed by atoms with Gasteiger partial charge in [0.15, 0.2) is 5.82 Å². The molecular formula is C27H36N6O3. The molecule has 0 aliphatic heterocycles. The van der Waals surface area contributed by atoms with Crippen LogP contribution in [0.5, 0.6) is 5.88 Å². The molecule has 0 bridgehead atoms. The number of nitrogens with two attached hydrogens (primary N) is 1. The van der Waals surface area contributed by atoms with Crippen LogP contribution in [0.4, 0.5) is 0 Å². The van der Waals surface area contributed by atoms with E-state index in [1.807, 2.05) is 60.7 Å². The molecule has 1 amide bonds. The molecule has 1 atom stereocenters. The molecule has 3 N–H and O–H groups in total. The lowest BCUT2D eigenvalue weighted by molar-refractivity contribution is -0.126. The van der Waals surface area contributed by atoms with Crippen molar-refractivity contribution in [2.75, 3.05) is 6.61 Å². The standard InChI is InChI=1S/C25H28N6O3.2CH4/c1-25(2,26)23(32)27-20(17-33-15-18-9-5-3-6-10-18)22-29-30-24-28-21(13-14-31(22)24)34-16-19-11-7-4-8-12-19;;/h3-14,20H,15-17,26H2,1-2H3,(H,27,32);2*1H4/t20-;;/m1../s1. The molecule has 2 aromatic carbocycles. The predicted octanol–water partition coefficient (Wildman–Crippen LogP) is 4.09. The molecule has 0 saturated heterocycles. The highest BCUT2D eigenvalue weighted by Crippen LogP contribution is 2.17. The Morgan fingerprint density at radius 1 is 0.972 bits per heavy atom. The van der Waals surface area contributed by atoms with Crippen molar-refractivity contribution >= 4 is 11.7 Å². The van der Waals surface area contributed by atoms with E-state index in [0.717, 1.165) is 11.1 Å². The van der Waals surface area contributed by atoms with E-state index >= 15 is 0 Å². The zero-order chi connectivity index (χ0) is 24.0. The summed E-state index contributed by atoms with van der Waals surface area (Å²) in [5.41, 5.74) is 6.99. The fourth-order valence-electron chi connectivity index (χ4n) is 3.23. The summed E-state index contributed by atoms with van der Waals surface area (Å²) >= 11 is 0. The summed E-state index contributed by atoms with van der Waals surface area (Å²) in [5.74, 6) is 0.949. The Balaban J connectivity index is 0.00000228. The second-order valence-corrected chi connectivity index (χ2v) is 8.52. The molecule has 0 aliphatic rings. The summed E-state index contributed by atoms with van der Waals surface area (Å²) in [6.07, 6.45) is 1.77. The molecule has 9 heteroatoms. The maximum atomic E-state index is 12.6. The van der Waals surface area contributed by atoms with Crippen LogP contribution in [0.1, 0.15) is 51.7 Å². The molecule has 0 aliphatic carbocycles. The SMILES string of the molecule is C.C.CC(C)(N)C(=O)N[C@H](COCc1ccccc1)c1nnc2nc(OCc3ccccc3)ccn12. The Kier molecular flexibility index (Phi) is 10.1. The molecule has 9 nitrogen and oxygen atoms in total. The molecule has 4 rings (SSSR count). The third-order valence-electron chi connectivity index (χ3n) is 5.11. The first kappa shape index (κ1) is 28.4. The van der Waals surface area contributed by atoms with Crippen molar-refractivity contribution in [2.24, 2.45) is 5.73 Å². The van der Waals surface area contributed by atoms with E-state index in [9.17, 15) is 4.79 Å². The fourth-order valence-corrected chi connectivity index (χ4v) is 3.23. The van der Waals surface area contributed by atoms with E-state index in [0.29, 0.717) is 30.7 Å². The van der Waals surface area contributed by atoms with Crippen LogP contribution in [0.2, 0.25) is 0 Å². The number of benzene rings is 2. The lowest BCUT2D eigenvalue weighted by Crippen LogP contribution is -2.50. The van der Waals surface area contributed by atoms with Gasteiger partial charge in [0.2, 0.25) is 11.8 Å². The van der Waals surface area contributed by atoms with Gasteiger partial charge in [-0.25, -0.2) is 0 Å². The van der Waals surface area contributed by atoms with Gasteiger partial charge in [-0.3, -0.25) is 9.20 Å².